The first kappa shape index (κ1) is 10.4. The fourth-order valence-corrected chi connectivity index (χ4v) is 1.88. The molecule has 0 spiro atoms. The minimum atomic E-state index is -0.467. The van der Waals surface area contributed by atoms with E-state index in [2.05, 4.69) is 5.92 Å². The quantitative estimate of drug-likeness (QED) is 0.509. The lowest BCUT2D eigenvalue weighted by Gasteiger charge is -2.14. The number of thioether (sulfide) groups is 1. The molecule has 1 unspecified atom stereocenters. The van der Waals surface area contributed by atoms with Crippen LogP contribution in [0.25, 0.3) is 0 Å². The Hall–Kier alpha value is -0.660. The van der Waals surface area contributed by atoms with E-state index in [-0.39, 0.29) is 12.3 Å². The minimum absolute atomic E-state index is 0.0498. The molecule has 0 bridgehead atoms. The van der Waals surface area contributed by atoms with Crippen molar-refractivity contribution in [1.29, 1.82) is 0 Å². The summed E-state index contributed by atoms with van der Waals surface area (Å²) in [4.78, 5) is 12.9. The van der Waals surface area contributed by atoms with Gasteiger partial charge in [0.15, 0.2) is 0 Å². The maximum atomic E-state index is 11.2. The van der Waals surface area contributed by atoms with E-state index in [1.54, 1.807) is 16.7 Å². The standard InChI is InChI=1S/C9H13NO2S/c1-2-4-13-5-3-10-7-8(11)6-9(10)12/h1,8,11H,3-7H2. The van der Waals surface area contributed by atoms with Gasteiger partial charge in [-0.2, -0.15) is 0 Å². The highest BCUT2D eigenvalue weighted by atomic mass is 32.2. The van der Waals surface area contributed by atoms with Crippen LogP contribution in [-0.4, -0.2) is 46.6 Å². The molecule has 0 saturated carbocycles. The second-order valence-electron chi connectivity index (χ2n) is 2.95. The van der Waals surface area contributed by atoms with Crippen LogP contribution in [0.1, 0.15) is 6.42 Å². The molecular formula is C9H13NO2S. The molecule has 1 saturated heterocycles. The summed E-state index contributed by atoms with van der Waals surface area (Å²) in [7, 11) is 0. The number of likely N-dealkylation sites (tertiary alicyclic amines) is 1. The summed E-state index contributed by atoms with van der Waals surface area (Å²) in [6, 6.07) is 0. The van der Waals surface area contributed by atoms with E-state index in [9.17, 15) is 9.90 Å². The Balaban J connectivity index is 2.15. The third-order valence-electron chi connectivity index (χ3n) is 1.89. The van der Waals surface area contributed by atoms with Crippen LogP contribution in [0, 0.1) is 12.3 Å². The minimum Gasteiger partial charge on any atom is -0.391 e. The van der Waals surface area contributed by atoms with Crippen LogP contribution in [0.3, 0.4) is 0 Å². The van der Waals surface area contributed by atoms with Crippen molar-refractivity contribution in [3.05, 3.63) is 0 Å². The average Bonchev–Trinajstić information content (AvgIpc) is 2.39. The molecule has 1 N–H and O–H groups in total. The molecule has 0 aliphatic carbocycles. The maximum Gasteiger partial charge on any atom is 0.225 e. The lowest BCUT2D eigenvalue weighted by Crippen LogP contribution is -2.28. The molecule has 1 fully saturated rings. The predicted octanol–water partition coefficient (Wildman–Crippen LogP) is -0.0540. The van der Waals surface area contributed by atoms with Crippen molar-refractivity contribution in [2.24, 2.45) is 0 Å². The number of hydrogen-bond donors (Lipinski definition) is 1. The molecule has 1 amide bonds. The van der Waals surface area contributed by atoms with Gasteiger partial charge < -0.3 is 10.0 Å². The van der Waals surface area contributed by atoms with Gasteiger partial charge in [0, 0.05) is 18.8 Å². The van der Waals surface area contributed by atoms with Crippen molar-refractivity contribution in [2.45, 2.75) is 12.5 Å². The van der Waals surface area contributed by atoms with Gasteiger partial charge in [-0.1, -0.05) is 5.92 Å². The van der Waals surface area contributed by atoms with Crippen LogP contribution < -0.4 is 0 Å². The lowest BCUT2D eigenvalue weighted by atomic mass is 10.3. The molecule has 1 rings (SSSR count). The van der Waals surface area contributed by atoms with Gasteiger partial charge in [0.05, 0.1) is 18.3 Å². The van der Waals surface area contributed by atoms with E-state index in [1.165, 1.54) is 0 Å². The van der Waals surface area contributed by atoms with Gasteiger partial charge in [-0.3, -0.25) is 4.79 Å². The predicted molar refractivity (Wildman–Crippen MR) is 53.4 cm³/mol. The van der Waals surface area contributed by atoms with Crippen LogP contribution in [0.2, 0.25) is 0 Å². The van der Waals surface area contributed by atoms with E-state index in [0.29, 0.717) is 18.8 Å². The van der Waals surface area contributed by atoms with E-state index in [4.69, 9.17) is 6.42 Å². The summed E-state index contributed by atoms with van der Waals surface area (Å²) in [5.74, 6) is 4.11. The Bertz CT molecular complexity index is 224. The average molecular weight is 199 g/mol. The molecule has 1 heterocycles. The third-order valence-corrected chi connectivity index (χ3v) is 2.73. The zero-order valence-electron chi connectivity index (χ0n) is 7.40. The molecule has 13 heavy (non-hydrogen) atoms. The zero-order chi connectivity index (χ0) is 9.68. The van der Waals surface area contributed by atoms with Crippen LogP contribution in [0.15, 0.2) is 0 Å². The number of aliphatic hydroxyl groups excluding tert-OH is 1. The second kappa shape index (κ2) is 5.15. The van der Waals surface area contributed by atoms with Gasteiger partial charge >= 0.3 is 0 Å². The highest BCUT2D eigenvalue weighted by molar-refractivity contribution is 7.99. The molecule has 1 aliphatic heterocycles. The monoisotopic (exact) mass is 199 g/mol. The summed E-state index contributed by atoms with van der Waals surface area (Å²) < 4.78 is 0. The number of β-amino-alcohol motifs (C(OH)–C–C–N with tert-alkyl or cyclic N) is 1. The van der Waals surface area contributed by atoms with Gasteiger partial charge in [0.2, 0.25) is 5.91 Å². The maximum absolute atomic E-state index is 11.2. The Labute approximate surface area is 82.5 Å². The third kappa shape index (κ3) is 3.29. The SMILES string of the molecule is C#CCSCCN1CC(O)CC1=O. The molecule has 4 heteroatoms. The van der Waals surface area contributed by atoms with Crippen molar-refractivity contribution in [1.82, 2.24) is 4.90 Å². The molecule has 0 aromatic rings. The van der Waals surface area contributed by atoms with Gasteiger partial charge in [0.25, 0.3) is 0 Å². The van der Waals surface area contributed by atoms with Gasteiger partial charge in [-0.25, -0.2) is 0 Å². The second-order valence-corrected chi connectivity index (χ2v) is 4.06. The molecule has 1 atom stereocenters. The normalized spacial score (nSPS) is 22.0. The first-order valence-electron chi connectivity index (χ1n) is 4.21. The fraction of sp³-hybridized carbons (Fsp3) is 0.667. The number of amides is 1. The Kier molecular flexibility index (Phi) is 4.13. The number of hydrogen-bond acceptors (Lipinski definition) is 3. The molecule has 3 nitrogen and oxygen atoms in total. The van der Waals surface area contributed by atoms with Crippen molar-refractivity contribution in [3.8, 4) is 12.3 Å². The summed E-state index contributed by atoms with van der Waals surface area (Å²) >= 11 is 1.63. The number of nitrogens with zero attached hydrogens (tertiary/aromatic N) is 1. The summed E-state index contributed by atoms with van der Waals surface area (Å²) in [5.41, 5.74) is 0. The van der Waals surface area contributed by atoms with E-state index < -0.39 is 6.10 Å². The van der Waals surface area contributed by atoms with Crippen LogP contribution in [0.4, 0.5) is 0 Å². The van der Waals surface area contributed by atoms with Gasteiger partial charge in [-0.15, -0.1) is 18.2 Å². The highest BCUT2D eigenvalue weighted by Gasteiger charge is 2.26. The van der Waals surface area contributed by atoms with Crippen molar-refractivity contribution < 1.29 is 9.90 Å². The Morgan fingerprint density at radius 3 is 3.08 bits per heavy atom. The molecule has 0 aromatic heterocycles. The van der Waals surface area contributed by atoms with Crippen LogP contribution in [0.5, 0.6) is 0 Å². The van der Waals surface area contributed by atoms with Crippen molar-refractivity contribution >= 4 is 17.7 Å². The summed E-state index contributed by atoms with van der Waals surface area (Å²) in [6.45, 7) is 1.18. The summed E-state index contributed by atoms with van der Waals surface area (Å²) in [5, 5.41) is 9.17. The number of aliphatic hydroxyl groups is 1. The van der Waals surface area contributed by atoms with Crippen LogP contribution in [-0.2, 0) is 4.79 Å². The summed E-state index contributed by atoms with van der Waals surface area (Å²) in [6.07, 6.45) is 4.89. The fourth-order valence-electron chi connectivity index (χ4n) is 1.27. The largest absolute Gasteiger partial charge is 0.391 e. The topological polar surface area (TPSA) is 40.5 Å². The molecule has 0 aromatic carbocycles. The zero-order valence-corrected chi connectivity index (χ0v) is 8.22. The van der Waals surface area contributed by atoms with E-state index in [0.717, 1.165) is 5.75 Å². The first-order valence-corrected chi connectivity index (χ1v) is 5.36. The molecule has 0 radical (unpaired) electrons. The number of rotatable bonds is 4. The molecule has 72 valence electrons. The van der Waals surface area contributed by atoms with Crippen LogP contribution >= 0.6 is 11.8 Å². The number of carbonyl (C=O) groups is 1. The number of carbonyl (C=O) groups excluding carboxylic acids is 1. The highest BCUT2D eigenvalue weighted by Crippen LogP contribution is 2.11. The first-order chi connectivity index (χ1) is 6.24. The van der Waals surface area contributed by atoms with E-state index in [1.807, 2.05) is 0 Å². The Morgan fingerprint density at radius 2 is 2.54 bits per heavy atom. The van der Waals surface area contributed by atoms with Gasteiger partial charge in [0.1, 0.15) is 0 Å². The van der Waals surface area contributed by atoms with Crippen molar-refractivity contribution in [3.63, 3.8) is 0 Å². The van der Waals surface area contributed by atoms with Crippen molar-refractivity contribution in [2.75, 3.05) is 24.6 Å². The Morgan fingerprint density at radius 1 is 1.77 bits per heavy atom. The van der Waals surface area contributed by atoms with E-state index >= 15 is 0 Å². The molecule has 1 aliphatic rings. The number of terminal acetylenes is 1. The smallest absolute Gasteiger partial charge is 0.225 e. The lowest BCUT2D eigenvalue weighted by molar-refractivity contribution is -0.127. The van der Waals surface area contributed by atoms with Gasteiger partial charge in [-0.05, 0) is 0 Å². The molecular weight excluding hydrogens is 186 g/mol.